The van der Waals surface area contributed by atoms with Crippen molar-refractivity contribution >= 4 is 23.6 Å². The fraction of sp³-hybridized carbons (Fsp3) is 0.529. The third-order valence-electron chi connectivity index (χ3n) is 4.13. The van der Waals surface area contributed by atoms with Crippen molar-refractivity contribution in [1.29, 1.82) is 0 Å². The minimum absolute atomic E-state index is 0.0230. The summed E-state index contributed by atoms with van der Waals surface area (Å²) in [5.74, 6) is -0.158. The number of ether oxygens (including phenoxy) is 1. The van der Waals surface area contributed by atoms with E-state index in [2.05, 4.69) is 0 Å². The zero-order valence-corrected chi connectivity index (χ0v) is 14.2. The third-order valence-corrected chi connectivity index (χ3v) is 5.15. The maximum atomic E-state index is 12.4. The normalized spacial score (nSPS) is 21.2. The van der Waals surface area contributed by atoms with E-state index in [1.54, 1.807) is 16.7 Å². The van der Waals surface area contributed by atoms with Gasteiger partial charge >= 0.3 is 5.97 Å². The van der Waals surface area contributed by atoms with Crippen molar-refractivity contribution in [3.63, 3.8) is 0 Å². The maximum absolute atomic E-state index is 12.4. The first-order valence-electron chi connectivity index (χ1n) is 7.75. The highest BCUT2D eigenvalue weighted by molar-refractivity contribution is 7.99. The van der Waals surface area contributed by atoms with Gasteiger partial charge in [0.15, 0.2) is 0 Å². The molecule has 0 bridgehead atoms. The number of hydrogen-bond donors (Lipinski definition) is 1. The molecule has 1 aromatic rings. The van der Waals surface area contributed by atoms with Gasteiger partial charge in [-0.05, 0) is 25.0 Å². The maximum Gasteiger partial charge on any atom is 0.313 e. The molecule has 1 saturated heterocycles. The van der Waals surface area contributed by atoms with Gasteiger partial charge in [-0.1, -0.05) is 18.2 Å². The molecule has 126 valence electrons. The van der Waals surface area contributed by atoms with Gasteiger partial charge in [0.25, 0.3) is 0 Å². The Morgan fingerprint density at radius 1 is 1.35 bits per heavy atom. The predicted molar refractivity (Wildman–Crippen MR) is 89.5 cm³/mol. The van der Waals surface area contributed by atoms with Crippen LogP contribution in [0.4, 0.5) is 0 Å². The van der Waals surface area contributed by atoms with E-state index in [4.69, 9.17) is 4.74 Å². The molecule has 0 saturated carbocycles. The Kier molecular flexibility index (Phi) is 6.47. The summed E-state index contributed by atoms with van der Waals surface area (Å²) in [5, 5.41) is 9.52. The number of methoxy groups -OCH3 is 1. The first kappa shape index (κ1) is 17.8. The van der Waals surface area contributed by atoms with Crippen molar-refractivity contribution in [1.82, 2.24) is 4.90 Å². The number of hydrogen-bond acceptors (Lipinski definition) is 4. The highest BCUT2D eigenvalue weighted by Crippen LogP contribution is 2.31. The van der Waals surface area contributed by atoms with Crippen molar-refractivity contribution in [3.05, 3.63) is 30.3 Å². The van der Waals surface area contributed by atoms with Gasteiger partial charge in [-0.3, -0.25) is 9.59 Å². The molecule has 1 aromatic carbocycles. The lowest BCUT2D eigenvalue weighted by Gasteiger charge is -2.39. The standard InChI is InChI=1S/C17H23NO4S/c1-22-13-17(16(20)21)9-5-10-18(12-17)15(19)8-11-23-14-6-3-2-4-7-14/h2-4,6-7H,5,8-13H2,1H3,(H,20,21). The summed E-state index contributed by atoms with van der Waals surface area (Å²) in [6, 6.07) is 9.94. The van der Waals surface area contributed by atoms with E-state index in [1.165, 1.54) is 7.11 Å². The highest BCUT2D eigenvalue weighted by Gasteiger charge is 2.43. The SMILES string of the molecule is COCC1(C(=O)O)CCCN(C(=O)CCSc2ccccc2)C1. The third kappa shape index (κ3) is 4.72. The predicted octanol–water partition coefficient (Wildman–Crippen LogP) is 2.51. The molecule has 1 aliphatic heterocycles. The number of carbonyl (C=O) groups is 2. The van der Waals surface area contributed by atoms with Crippen LogP contribution >= 0.6 is 11.8 Å². The number of nitrogens with zero attached hydrogens (tertiary/aromatic N) is 1. The summed E-state index contributed by atoms with van der Waals surface area (Å²) in [6.07, 6.45) is 1.67. The number of piperidine rings is 1. The molecule has 5 nitrogen and oxygen atoms in total. The number of thioether (sulfide) groups is 1. The summed E-state index contributed by atoms with van der Waals surface area (Å²) in [6.45, 7) is 1.02. The molecule has 0 aliphatic carbocycles. The van der Waals surface area contributed by atoms with E-state index in [1.807, 2.05) is 30.3 Å². The van der Waals surface area contributed by atoms with Crippen LogP contribution in [0.15, 0.2) is 35.2 Å². The number of aliphatic carboxylic acids is 1. The summed E-state index contributed by atoms with van der Waals surface area (Å²) >= 11 is 1.64. The van der Waals surface area contributed by atoms with Crippen LogP contribution in [0.3, 0.4) is 0 Å². The second kappa shape index (κ2) is 8.36. The molecular formula is C17H23NO4S. The van der Waals surface area contributed by atoms with E-state index < -0.39 is 11.4 Å². The molecule has 23 heavy (non-hydrogen) atoms. The molecule has 0 radical (unpaired) electrons. The Morgan fingerprint density at radius 2 is 2.09 bits per heavy atom. The zero-order valence-electron chi connectivity index (χ0n) is 13.4. The van der Waals surface area contributed by atoms with Crippen LogP contribution in [-0.2, 0) is 14.3 Å². The molecule has 1 atom stereocenters. The number of amides is 1. The number of likely N-dealkylation sites (tertiary alicyclic amines) is 1. The monoisotopic (exact) mass is 337 g/mol. The quantitative estimate of drug-likeness (QED) is 0.775. The second-order valence-corrected chi connectivity index (χ2v) is 7.02. The fourth-order valence-corrected chi connectivity index (χ4v) is 3.77. The van der Waals surface area contributed by atoms with Crippen LogP contribution in [0.25, 0.3) is 0 Å². The van der Waals surface area contributed by atoms with Gasteiger partial charge in [0.1, 0.15) is 5.41 Å². The van der Waals surface area contributed by atoms with Gasteiger partial charge in [0, 0.05) is 37.3 Å². The van der Waals surface area contributed by atoms with Gasteiger partial charge in [0.05, 0.1) is 6.61 Å². The van der Waals surface area contributed by atoms with Crippen molar-refractivity contribution in [2.24, 2.45) is 5.41 Å². The summed E-state index contributed by atoms with van der Waals surface area (Å²) in [7, 11) is 1.50. The number of rotatable bonds is 7. The van der Waals surface area contributed by atoms with Crippen molar-refractivity contribution < 1.29 is 19.4 Å². The summed E-state index contributed by atoms with van der Waals surface area (Å²) in [4.78, 5) is 26.8. The second-order valence-electron chi connectivity index (χ2n) is 5.85. The van der Waals surface area contributed by atoms with E-state index in [0.29, 0.717) is 31.6 Å². The summed E-state index contributed by atoms with van der Waals surface area (Å²) < 4.78 is 5.09. The topological polar surface area (TPSA) is 66.8 Å². The van der Waals surface area contributed by atoms with E-state index in [9.17, 15) is 14.7 Å². The molecule has 1 amide bonds. The van der Waals surface area contributed by atoms with E-state index in [0.717, 1.165) is 4.90 Å². The molecule has 6 heteroatoms. The molecule has 1 fully saturated rings. The Hall–Kier alpha value is -1.53. The van der Waals surface area contributed by atoms with E-state index >= 15 is 0 Å². The average Bonchev–Trinajstić information content (AvgIpc) is 2.56. The fourth-order valence-electron chi connectivity index (χ4n) is 2.91. The van der Waals surface area contributed by atoms with Gasteiger partial charge < -0.3 is 14.7 Å². The number of carboxylic acid groups (broad SMARTS) is 1. The lowest BCUT2D eigenvalue weighted by atomic mass is 9.80. The van der Waals surface area contributed by atoms with Gasteiger partial charge in [-0.2, -0.15) is 0 Å². The minimum atomic E-state index is -0.963. The highest BCUT2D eigenvalue weighted by atomic mass is 32.2. The van der Waals surface area contributed by atoms with Crippen LogP contribution in [0.1, 0.15) is 19.3 Å². The van der Waals surface area contributed by atoms with E-state index in [-0.39, 0.29) is 19.1 Å². The Bertz CT molecular complexity index is 533. The number of carboxylic acids is 1. The van der Waals surface area contributed by atoms with Crippen LogP contribution in [0, 0.1) is 5.41 Å². The molecule has 1 unspecified atom stereocenters. The molecule has 1 heterocycles. The molecule has 0 aromatic heterocycles. The average molecular weight is 337 g/mol. The van der Waals surface area contributed by atoms with Crippen molar-refractivity contribution in [3.8, 4) is 0 Å². The zero-order chi connectivity index (χ0) is 16.7. The Labute approximate surface area is 141 Å². The minimum Gasteiger partial charge on any atom is -0.481 e. The van der Waals surface area contributed by atoms with Crippen LogP contribution in [-0.4, -0.2) is 54.4 Å². The Balaban J connectivity index is 1.87. The van der Waals surface area contributed by atoms with Crippen molar-refractivity contribution in [2.45, 2.75) is 24.2 Å². The van der Waals surface area contributed by atoms with Crippen LogP contribution in [0.5, 0.6) is 0 Å². The lowest BCUT2D eigenvalue weighted by Crippen LogP contribution is -2.52. The number of carbonyl (C=O) groups excluding carboxylic acids is 1. The summed E-state index contributed by atoms with van der Waals surface area (Å²) in [5.41, 5.74) is -0.963. The first-order chi connectivity index (χ1) is 11.1. The molecule has 0 spiro atoms. The van der Waals surface area contributed by atoms with Gasteiger partial charge in [-0.15, -0.1) is 11.8 Å². The largest absolute Gasteiger partial charge is 0.481 e. The van der Waals surface area contributed by atoms with Gasteiger partial charge in [-0.25, -0.2) is 0 Å². The first-order valence-corrected chi connectivity index (χ1v) is 8.74. The number of benzene rings is 1. The molecular weight excluding hydrogens is 314 g/mol. The van der Waals surface area contributed by atoms with Crippen LogP contribution in [0.2, 0.25) is 0 Å². The smallest absolute Gasteiger partial charge is 0.313 e. The molecule has 2 rings (SSSR count). The Morgan fingerprint density at radius 3 is 2.74 bits per heavy atom. The lowest BCUT2D eigenvalue weighted by molar-refractivity contribution is -0.159. The van der Waals surface area contributed by atoms with Crippen molar-refractivity contribution in [2.75, 3.05) is 32.6 Å². The molecule has 1 aliphatic rings. The van der Waals surface area contributed by atoms with Gasteiger partial charge in [0.2, 0.25) is 5.91 Å². The van der Waals surface area contributed by atoms with Crippen LogP contribution < -0.4 is 0 Å². The molecule has 1 N–H and O–H groups in total.